The van der Waals surface area contributed by atoms with Crippen molar-refractivity contribution in [3.05, 3.63) is 35.6 Å². The Morgan fingerprint density at radius 2 is 2.05 bits per heavy atom. The molecule has 0 heterocycles. The van der Waals surface area contributed by atoms with E-state index in [9.17, 15) is 14.0 Å². The predicted molar refractivity (Wildman–Crippen MR) is 72.7 cm³/mol. The molecule has 0 aliphatic heterocycles. The zero-order valence-corrected chi connectivity index (χ0v) is 11.6. The van der Waals surface area contributed by atoms with E-state index in [1.54, 1.807) is 26.0 Å². The lowest BCUT2D eigenvalue weighted by Gasteiger charge is -2.23. The van der Waals surface area contributed by atoms with Crippen LogP contribution in [0.25, 0.3) is 0 Å². The summed E-state index contributed by atoms with van der Waals surface area (Å²) in [5.74, 6) is -1.32. The minimum atomic E-state index is -0.990. The van der Waals surface area contributed by atoms with Crippen molar-refractivity contribution >= 4 is 12.0 Å². The second kappa shape index (κ2) is 6.88. The van der Waals surface area contributed by atoms with Gasteiger partial charge in [0.1, 0.15) is 5.82 Å². The van der Waals surface area contributed by atoms with Gasteiger partial charge in [0.25, 0.3) is 0 Å². The maximum Gasteiger partial charge on any atom is 0.315 e. The molecule has 20 heavy (non-hydrogen) atoms. The summed E-state index contributed by atoms with van der Waals surface area (Å²) in [6.07, 6.45) is 0.409. The molecule has 1 aromatic rings. The summed E-state index contributed by atoms with van der Waals surface area (Å²) < 4.78 is 12.9. The molecule has 0 radical (unpaired) electrons. The van der Waals surface area contributed by atoms with Crippen molar-refractivity contribution in [2.24, 2.45) is 5.41 Å². The molecule has 0 aliphatic rings. The number of amides is 2. The number of carboxylic acid groups (broad SMARTS) is 1. The Morgan fingerprint density at radius 1 is 1.35 bits per heavy atom. The average Bonchev–Trinajstić information content (AvgIpc) is 2.42. The van der Waals surface area contributed by atoms with Gasteiger partial charge >= 0.3 is 12.0 Å². The van der Waals surface area contributed by atoms with Gasteiger partial charge in [0.15, 0.2) is 0 Å². The Kier molecular flexibility index (Phi) is 5.49. The highest BCUT2D eigenvalue weighted by Gasteiger charge is 2.31. The smallest absolute Gasteiger partial charge is 0.315 e. The van der Waals surface area contributed by atoms with Gasteiger partial charge < -0.3 is 15.7 Å². The molecule has 6 heteroatoms. The lowest BCUT2D eigenvalue weighted by atomic mass is 9.88. The maximum absolute atomic E-state index is 12.9. The Hall–Kier alpha value is -2.11. The van der Waals surface area contributed by atoms with Crippen LogP contribution in [0, 0.1) is 11.2 Å². The zero-order valence-electron chi connectivity index (χ0n) is 11.6. The van der Waals surface area contributed by atoms with Gasteiger partial charge in [-0.15, -0.1) is 0 Å². The number of carbonyl (C=O) groups excluding carboxylic acids is 1. The van der Waals surface area contributed by atoms with Crippen LogP contribution in [0.1, 0.15) is 25.8 Å². The molecular formula is C14H19FN2O3. The van der Waals surface area contributed by atoms with Crippen molar-refractivity contribution < 1.29 is 19.1 Å². The molecule has 1 rings (SSSR count). The first-order chi connectivity index (χ1) is 9.37. The minimum Gasteiger partial charge on any atom is -0.481 e. The van der Waals surface area contributed by atoms with Crippen molar-refractivity contribution in [2.75, 3.05) is 6.54 Å². The zero-order chi connectivity index (χ0) is 15.2. The summed E-state index contributed by atoms with van der Waals surface area (Å²) in [5, 5.41) is 14.1. The highest BCUT2D eigenvalue weighted by Crippen LogP contribution is 2.19. The molecular weight excluding hydrogens is 263 g/mol. The third-order valence-electron chi connectivity index (χ3n) is 3.28. The molecule has 0 aliphatic carbocycles. The van der Waals surface area contributed by atoms with Crippen LogP contribution in [0.2, 0.25) is 0 Å². The lowest BCUT2D eigenvalue weighted by molar-refractivity contribution is -0.147. The lowest BCUT2D eigenvalue weighted by Crippen LogP contribution is -2.44. The quantitative estimate of drug-likeness (QED) is 0.748. The molecule has 1 aromatic carbocycles. The molecule has 0 aromatic heterocycles. The van der Waals surface area contributed by atoms with E-state index in [4.69, 9.17) is 5.11 Å². The Labute approximate surface area is 117 Å². The summed E-state index contributed by atoms with van der Waals surface area (Å²) in [6, 6.07) is 5.42. The van der Waals surface area contributed by atoms with Crippen LogP contribution in [0.3, 0.4) is 0 Å². The number of nitrogens with one attached hydrogen (secondary N) is 2. The number of urea groups is 1. The van der Waals surface area contributed by atoms with E-state index < -0.39 is 17.4 Å². The van der Waals surface area contributed by atoms with Crippen LogP contribution in [0.5, 0.6) is 0 Å². The third-order valence-corrected chi connectivity index (χ3v) is 3.28. The Morgan fingerprint density at radius 3 is 2.60 bits per heavy atom. The molecule has 2 amide bonds. The second-order valence-corrected chi connectivity index (χ2v) is 4.89. The van der Waals surface area contributed by atoms with E-state index >= 15 is 0 Å². The second-order valence-electron chi connectivity index (χ2n) is 4.89. The van der Waals surface area contributed by atoms with Gasteiger partial charge in [-0.05, 0) is 31.0 Å². The first-order valence-corrected chi connectivity index (χ1v) is 6.37. The van der Waals surface area contributed by atoms with Crippen LogP contribution in [0.4, 0.5) is 9.18 Å². The van der Waals surface area contributed by atoms with E-state index in [1.807, 2.05) is 0 Å². The van der Waals surface area contributed by atoms with Crippen LogP contribution in [0.15, 0.2) is 24.3 Å². The van der Waals surface area contributed by atoms with E-state index in [0.29, 0.717) is 12.0 Å². The first kappa shape index (κ1) is 15.9. The molecule has 1 unspecified atom stereocenters. The number of carboxylic acids is 1. The number of halogens is 1. The first-order valence-electron chi connectivity index (χ1n) is 6.37. The average molecular weight is 282 g/mol. The number of hydrogen-bond acceptors (Lipinski definition) is 2. The molecule has 0 fully saturated rings. The van der Waals surface area contributed by atoms with Gasteiger partial charge in [-0.25, -0.2) is 9.18 Å². The molecule has 0 saturated heterocycles. The van der Waals surface area contributed by atoms with Crippen molar-refractivity contribution in [1.82, 2.24) is 10.6 Å². The van der Waals surface area contributed by atoms with Gasteiger partial charge in [0.05, 0.1) is 5.41 Å². The van der Waals surface area contributed by atoms with Crippen molar-refractivity contribution in [1.29, 1.82) is 0 Å². The Bertz CT molecular complexity index is 493. The van der Waals surface area contributed by atoms with Gasteiger partial charge in [-0.1, -0.05) is 19.1 Å². The van der Waals surface area contributed by atoms with E-state index in [1.165, 1.54) is 12.1 Å². The van der Waals surface area contributed by atoms with Crippen LogP contribution >= 0.6 is 0 Å². The molecule has 110 valence electrons. The van der Waals surface area contributed by atoms with Gasteiger partial charge in [0, 0.05) is 13.1 Å². The SMILES string of the molecule is CCC(C)(CNC(=O)NCc1cccc(F)c1)C(=O)O. The van der Waals surface area contributed by atoms with Crippen molar-refractivity contribution in [3.63, 3.8) is 0 Å². The van der Waals surface area contributed by atoms with Gasteiger partial charge in [-0.3, -0.25) is 4.79 Å². The van der Waals surface area contributed by atoms with Gasteiger partial charge in [0.2, 0.25) is 0 Å². The maximum atomic E-state index is 12.9. The summed E-state index contributed by atoms with van der Waals surface area (Å²) in [5.41, 5.74) is -0.354. The predicted octanol–water partition coefficient (Wildman–Crippen LogP) is 2.13. The normalized spacial score (nSPS) is 13.3. The van der Waals surface area contributed by atoms with Crippen molar-refractivity contribution in [2.45, 2.75) is 26.8 Å². The Balaban J connectivity index is 2.43. The number of aliphatic carboxylic acids is 1. The molecule has 1 atom stereocenters. The standard InChI is InChI=1S/C14H19FN2O3/c1-3-14(2,12(18)19)9-17-13(20)16-8-10-5-4-6-11(15)7-10/h4-7H,3,8-9H2,1-2H3,(H,18,19)(H2,16,17,20). The van der Waals surface area contributed by atoms with Gasteiger partial charge in [-0.2, -0.15) is 0 Å². The summed E-state index contributed by atoms with van der Waals surface area (Å²) in [4.78, 5) is 22.6. The summed E-state index contributed by atoms with van der Waals surface area (Å²) in [6.45, 7) is 3.54. The number of carbonyl (C=O) groups is 2. The van der Waals surface area contributed by atoms with E-state index in [2.05, 4.69) is 10.6 Å². The fourth-order valence-corrected chi connectivity index (χ4v) is 1.52. The fourth-order valence-electron chi connectivity index (χ4n) is 1.52. The number of benzene rings is 1. The largest absolute Gasteiger partial charge is 0.481 e. The van der Waals surface area contributed by atoms with Crippen molar-refractivity contribution in [3.8, 4) is 0 Å². The monoisotopic (exact) mass is 282 g/mol. The third kappa shape index (κ3) is 4.53. The summed E-state index contributed by atoms with van der Waals surface area (Å²) in [7, 11) is 0. The number of hydrogen-bond donors (Lipinski definition) is 3. The molecule has 0 spiro atoms. The fraction of sp³-hybridized carbons (Fsp3) is 0.429. The highest BCUT2D eigenvalue weighted by molar-refractivity contribution is 5.77. The molecule has 3 N–H and O–H groups in total. The minimum absolute atomic E-state index is 0.0355. The van der Waals surface area contributed by atoms with E-state index in [0.717, 1.165) is 0 Å². The van der Waals surface area contributed by atoms with Crippen LogP contribution in [-0.2, 0) is 11.3 Å². The van der Waals surface area contributed by atoms with Crippen LogP contribution in [-0.4, -0.2) is 23.7 Å². The molecule has 0 bridgehead atoms. The highest BCUT2D eigenvalue weighted by atomic mass is 19.1. The molecule has 5 nitrogen and oxygen atoms in total. The van der Waals surface area contributed by atoms with E-state index in [-0.39, 0.29) is 18.9 Å². The molecule has 0 saturated carbocycles. The summed E-state index contributed by atoms with van der Waals surface area (Å²) >= 11 is 0. The topological polar surface area (TPSA) is 78.4 Å². The number of rotatable bonds is 6. The van der Waals surface area contributed by atoms with Crippen LogP contribution < -0.4 is 10.6 Å².